The average Bonchev–Trinajstić information content (AvgIpc) is 3.38. The molecule has 1 amide bonds. The molecule has 152 valence electrons. The van der Waals surface area contributed by atoms with Crippen molar-refractivity contribution in [2.45, 2.75) is 25.1 Å². The number of carbonyl (C=O) groups is 1. The summed E-state index contributed by atoms with van der Waals surface area (Å²) in [5.74, 6) is -0.684. The molecule has 10 heteroatoms. The summed E-state index contributed by atoms with van der Waals surface area (Å²) in [5, 5.41) is 4.03. The fourth-order valence-corrected chi connectivity index (χ4v) is 4.25. The molecule has 0 aliphatic carbocycles. The first kappa shape index (κ1) is 19.6. The summed E-state index contributed by atoms with van der Waals surface area (Å²) in [4.78, 5) is 19.0. The Morgan fingerprint density at radius 1 is 1.21 bits per heavy atom. The first-order chi connectivity index (χ1) is 13.8. The Balaban J connectivity index is 1.50. The van der Waals surface area contributed by atoms with Crippen LogP contribution in [0.25, 0.3) is 10.6 Å². The first-order valence-corrected chi connectivity index (χ1v) is 9.77. The second kappa shape index (κ2) is 7.58. The quantitative estimate of drug-likeness (QED) is 0.576. The molecule has 1 saturated heterocycles. The molecule has 3 aromatic rings. The zero-order valence-corrected chi connectivity index (χ0v) is 15.9. The molecule has 0 saturated carbocycles. The number of rotatable bonds is 3. The SMILES string of the molecule is O=C(c1cnc(-c2ccccc2F)s1)N1CCCC(n2ccc(C(F)(F)F)n2)C1. The van der Waals surface area contributed by atoms with Crippen molar-refractivity contribution in [2.24, 2.45) is 0 Å². The zero-order valence-electron chi connectivity index (χ0n) is 15.1. The third-order valence-electron chi connectivity index (χ3n) is 4.78. The Hall–Kier alpha value is -2.75. The highest BCUT2D eigenvalue weighted by Gasteiger charge is 2.35. The normalized spacial score (nSPS) is 17.5. The predicted molar refractivity (Wildman–Crippen MR) is 98.9 cm³/mol. The van der Waals surface area contributed by atoms with Crippen LogP contribution in [-0.2, 0) is 6.18 Å². The van der Waals surface area contributed by atoms with Crippen molar-refractivity contribution in [1.82, 2.24) is 19.7 Å². The maximum absolute atomic E-state index is 13.9. The van der Waals surface area contributed by atoms with E-state index in [9.17, 15) is 22.4 Å². The van der Waals surface area contributed by atoms with E-state index in [4.69, 9.17) is 0 Å². The molecular weight excluding hydrogens is 408 g/mol. The van der Waals surface area contributed by atoms with E-state index in [1.165, 1.54) is 23.1 Å². The number of nitrogens with zero attached hydrogens (tertiary/aromatic N) is 4. The van der Waals surface area contributed by atoms with Crippen LogP contribution < -0.4 is 0 Å². The summed E-state index contributed by atoms with van der Waals surface area (Å²) >= 11 is 1.09. The summed E-state index contributed by atoms with van der Waals surface area (Å²) in [5.41, 5.74) is -0.623. The van der Waals surface area contributed by atoms with Crippen molar-refractivity contribution in [3.05, 3.63) is 59.1 Å². The van der Waals surface area contributed by atoms with E-state index >= 15 is 0 Å². The Morgan fingerprint density at radius 3 is 2.72 bits per heavy atom. The molecule has 3 heterocycles. The third-order valence-corrected chi connectivity index (χ3v) is 5.80. The van der Waals surface area contributed by atoms with E-state index in [2.05, 4.69) is 10.1 Å². The lowest BCUT2D eigenvalue weighted by atomic mass is 10.1. The van der Waals surface area contributed by atoms with Gasteiger partial charge in [-0.05, 0) is 31.0 Å². The molecule has 1 aliphatic rings. The number of hydrogen-bond acceptors (Lipinski definition) is 4. The summed E-state index contributed by atoms with van der Waals surface area (Å²) in [6.07, 6.45) is -0.512. The number of hydrogen-bond donors (Lipinski definition) is 0. The van der Waals surface area contributed by atoms with Gasteiger partial charge >= 0.3 is 6.18 Å². The lowest BCUT2D eigenvalue weighted by molar-refractivity contribution is -0.141. The van der Waals surface area contributed by atoms with Gasteiger partial charge in [-0.2, -0.15) is 18.3 Å². The molecule has 0 radical (unpaired) electrons. The van der Waals surface area contributed by atoms with E-state index in [1.54, 1.807) is 23.1 Å². The molecule has 0 N–H and O–H groups in total. The monoisotopic (exact) mass is 424 g/mol. The standard InChI is InChI=1S/C19H16F4N4OS/c20-14-6-2-1-5-13(14)17-24-10-15(29-17)18(28)26-8-3-4-12(11-26)27-9-7-16(25-27)19(21,22)23/h1-2,5-7,9-10,12H,3-4,8,11H2. The van der Waals surface area contributed by atoms with Gasteiger partial charge in [0.05, 0.1) is 12.2 Å². The number of halogens is 4. The highest BCUT2D eigenvalue weighted by molar-refractivity contribution is 7.16. The van der Waals surface area contributed by atoms with Gasteiger partial charge in [-0.15, -0.1) is 11.3 Å². The van der Waals surface area contributed by atoms with E-state index in [0.29, 0.717) is 34.8 Å². The number of alkyl halides is 3. The van der Waals surface area contributed by atoms with Crippen LogP contribution in [0.15, 0.2) is 42.7 Å². The van der Waals surface area contributed by atoms with Gasteiger partial charge in [0.25, 0.3) is 5.91 Å². The first-order valence-electron chi connectivity index (χ1n) is 8.95. The summed E-state index contributed by atoms with van der Waals surface area (Å²) in [7, 11) is 0. The Kier molecular flexibility index (Phi) is 5.12. The number of piperidine rings is 1. The van der Waals surface area contributed by atoms with Gasteiger partial charge in [-0.3, -0.25) is 9.48 Å². The molecule has 29 heavy (non-hydrogen) atoms. The van der Waals surface area contributed by atoms with Gasteiger partial charge in [0.2, 0.25) is 0 Å². The largest absolute Gasteiger partial charge is 0.435 e. The molecule has 1 fully saturated rings. The van der Waals surface area contributed by atoms with Crippen LogP contribution in [0.2, 0.25) is 0 Å². The van der Waals surface area contributed by atoms with Crippen molar-refractivity contribution in [3.8, 4) is 10.6 Å². The van der Waals surface area contributed by atoms with Crippen molar-refractivity contribution in [1.29, 1.82) is 0 Å². The van der Waals surface area contributed by atoms with Crippen molar-refractivity contribution in [2.75, 3.05) is 13.1 Å². The summed E-state index contributed by atoms with van der Waals surface area (Å²) in [6.45, 7) is 0.750. The van der Waals surface area contributed by atoms with E-state index < -0.39 is 17.7 Å². The molecule has 1 aromatic carbocycles. The predicted octanol–water partition coefficient (Wildman–Crippen LogP) is 4.64. The fourth-order valence-electron chi connectivity index (χ4n) is 3.34. The highest BCUT2D eigenvalue weighted by Crippen LogP contribution is 2.31. The Bertz CT molecular complexity index is 1030. The molecule has 5 nitrogen and oxygen atoms in total. The molecule has 1 unspecified atom stereocenters. The molecule has 0 bridgehead atoms. The van der Waals surface area contributed by atoms with Crippen LogP contribution in [0.1, 0.15) is 34.2 Å². The lowest BCUT2D eigenvalue weighted by Crippen LogP contribution is -2.40. The van der Waals surface area contributed by atoms with E-state index in [0.717, 1.165) is 17.4 Å². The number of benzene rings is 1. The van der Waals surface area contributed by atoms with E-state index in [1.807, 2.05) is 0 Å². The second-order valence-corrected chi connectivity index (χ2v) is 7.77. The van der Waals surface area contributed by atoms with Crippen LogP contribution in [0.3, 0.4) is 0 Å². The van der Waals surface area contributed by atoms with Gasteiger partial charge < -0.3 is 4.90 Å². The zero-order chi connectivity index (χ0) is 20.6. The van der Waals surface area contributed by atoms with Gasteiger partial charge in [0.1, 0.15) is 15.7 Å². The molecule has 2 aromatic heterocycles. The van der Waals surface area contributed by atoms with Gasteiger partial charge in [-0.25, -0.2) is 9.37 Å². The Labute approximate surface area is 167 Å². The molecule has 1 atom stereocenters. The molecule has 1 aliphatic heterocycles. The molecule has 4 rings (SSSR count). The topological polar surface area (TPSA) is 51.0 Å². The smallest absolute Gasteiger partial charge is 0.336 e. The number of thiazole rings is 1. The van der Waals surface area contributed by atoms with Crippen LogP contribution in [0, 0.1) is 5.82 Å². The van der Waals surface area contributed by atoms with Crippen LogP contribution in [0.4, 0.5) is 17.6 Å². The average molecular weight is 424 g/mol. The minimum Gasteiger partial charge on any atom is -0.336 e. The Morgan fingerprint density at radius 2 is 2.00 bits per heavy atom. The maximum Gasteiger partial charge on any atom is 0.435 e. The molecule has 0 spiro atoms. The minimum atomic E-state index is -4.50. The van der Waals surface area contributed by atoms with Crippen molar-refractivity contribution >= 4 is 17.2 Å². The van der Waals surface area contributed by atoms with Gasteiger partial charge in [-0.1, -0.05) is 12.1 Å². The van der Waals surface area contributed by atoms with Gasteiger partial charge in [0, 0.05) is 24.8 Å². The fraction of sp³-hybridized carbons (Fsp3) is 0.316. The second-order valence-electron chi connectivity index (χ2n) is 6.74. The van der Waals surface area contributed by atoms with Crippen molar-refractivity contribution in [3.63, 3.8) is 0 Å². The molecular formula is C19H16F4N4OS. The van der Waals surface area contributed by atoms with Gasteiger partial charge in [0.15, 0.2) is 5.69 Å². The number of carbonyl (C=O) groups excluding carboxylic acids is 1. The maximum atomic E-state index is 13.9. The summed E-state index contributed by atoms with van der Waals surface area (Å²) < 4.78 is 53.6. The van der Waals surface area contributed by atoms with Crippen LogP contribution in [0.5, 0.6) is 0 Å². The van der Waals surface area contributed by atoms with Crippen LogP contribution in [-0.4, -0.2) is 38.7 Å². The number of likely N-dealkylation sites (tertiary alicyclic amines) is 1. The number of aromatic nitrogens is 3. The third kappa shape index (κ3) is 4.02. The van der Waals surface area contributed by atoms with Crippen LogP contribution >= 0.6 is 11.3 Å². The lowest BCUT2D eigenvalue weighted by Gasteiger charge is -2.32. The van der Waals surface area contributed by atoms with E-state index in [-0.39, 0.29) is 18.5 Å². The minimum absolute atomic E-state index is 0.255. The number of amides is 1. The highest BCUT2D eigenvalue weighted by atomic mass is 32.1. The van der Waals surface area contributed by atoms with Crippen molar-refractivity contribution < 1.29 is 22.4 Å². The summed E-state index contributed by atoms with van der Waals surface area (Å²) in [6, 6.07) is 6.79.